The van der Waals surface area contributed by atoms with E-state index in [0.717, 1.165) is 44.8 Å². The van der Waals surface area contributed by atoms with E-state index in [1.807, 2.05) is 0 Å². The zero-order valence-electron chi connectivity index (χ0n) is 16.0. The summed E-state index contributed by atoms with van der Waals surface area (Å²) in [5.41, 5.74) is 5.73. The van der Waals surface area contributed by atoms with Gasteiger partial charge in [-0.1, -0.05) is 46.6 Å². The fraction of sp³-hybridized carbons (Fsp3) is 0.591. The maximum absolute atomic E-state index is 10.3. The van der Waals surface area contributed by atoms with Crippen LogP contribution >= 0.6 is 0 Å². The number of unbranched alkanes of at least 4 members (excludes halogenated alkanes) is 1. The molecule has 0 fully saturated rings. The van der Waals surface area contributed by atoms with Crippen LogP contribution in [-0.2, 0) is 4.79 Å². The summed E-state index contributed by atoms with van der Waals surface area (Å²) in [5, 5.41) is 0. The van der Waals surface area contributed by atoms with Crippen LogP contribution in [0.4, 0.5) is 0 Å². The number of aldehydes is 1. The van der Waals surface area contributed by atoms with E-state index in [1.54, 1.807) is 0 Å². The molecule has 0 atom stereocenters. The van der Waals surface area contributed by atoms with Gasteiger partial charge in [0.15, 0.2) is 0 Å². The Balaban J connectivity index is 3.93. The van der Waals surface area contributed by atoms with Crippen molar-refractivity contribution in [1.29, 1.82) is 0 Å². The molecule has 0 bridgehead atoms. The summed E-state index contributed by atoms with van der Waals surface area (Å²) in [7, 11) is 0. The van der Waals surface area contributed by atoms with Crippen molar-refractivity contribution in [3.05, 3.63) is 46.6 Å². The molecule has 1 nitrogen and oxygen atoms in total. The van der Waals surface area contributed by atoms with Crippen LogP contribution in [0.15, 0.2) is 46.6 Å². The average Bonchev–Trinajstić information content (AvgIpc) is 2.49. The second-order valence-electron chi connectivity index (χ2n) is 6.79. The van der Waals surface area contributed by atoms with Gasteiger partial charge in [-0.2, -0.15) is 0 Å². The minimum Gasteiger partial charge on any atom is -0.303 e. The molecule has 130 valence electrons. The van der Waals surface area contributed by atoms with Crippen molar-refractivity contribution >= 4 is 6.29 Å². The van der Waals surface area contributed by atoms with Crippen LogP contribution in [0.1, 0.15) is 86.0 Å². The highest BCUT2D eigenvalue weighted by Gasteiger charge is 1.93. The third-order valence-electron chi connectivity index (χ3n) is 3.93. The molecule has 0 aliphatic heterocycles. The van der Waals surface area contributed by atoms with Crippen LogP contribution in [0.2, 0.25) is 0 Å². The van der Waals surface area contributed by atoms with Crippen molar-refractivity contribution in [2.75, 3.05) is 0 Å². The predicted octanol–water partition coefficient (Wildman–Crippen LogP) is 7.11. The number of carbonyl (C=O) groups excluding carboxylic acids is 1. The molecule has 0 saturated carbocycles. The lowest BCUT2D eigenvalue weighted by Crippen LogP contribution is -1.82. The Bertz CT molecular complexity index is 443. The summed E-state index contributed by atoms with van der Waals surface area (Å²) in [4.78, 5) is 10.3. The molecule has 0 spiro atoms. The van der Waals surface area contributed by atoms with Gasteiger partial charge in [-0.15, -0.1) is 0 Å². The highest BCUT2D eigenvalue weighted by molar-refractivity contribution is 5.49. The van der Waals surface area contributed by atoms with Gasteiger partial charge in [-0.3, -0.25) is 0 Å². The zero-order chi connectivity index (χ0) is 17.5. The molecule has 0 radical (unpaired) electrons. The first-order valence-corrected chi connectivity index (χ1v) is 8.99. The highest BCUT2D eigenvalue weighted by Crippen LogP contribution is 2.13. The first kappa shape index (κ1) is 21.6. The van der Waals surface area contributed by atoms with E-state index in [1.165, 1.54) is 28.7 Å². The molecule has 0 unspecified atom stereocenters. The fourth-order valence-electron chi connectivity index (χ4n) is 2.39. The van der Waals surface area contributed by atoms with Crippen molar-refractivity contribution in [1.82, 2.24) is 0 Å². The SMILES string of the molecule is CC(C)=CCC/C(C)=C/CC/C(C)=C/CC/C=C(/C)CCC=O. The van der Waals surface area contributed by atoms with Gasteiger partial charge < -0.3 is 4.79 Å². The topological polar surface area (TPSA) is 17.1 Å². The van der Waals surface area contributed by atoms with E-state index in [-0.39, 0.29) is 0 Å². The summed E-state index contributed by atoms with van der Waals surface area (Å²) in [6, 6.07) is 0. The Morgan fingerprint density at radius 1 is 0.565 bits per heavy atom. The standard InChI is InChI=1S/C22H36O/c1-19(2)11-8-14-22(5)16-9-15-20(3)12-6-7-13-21(4)17-10-18-23/h11-13,16,18H,6-10,14-15,17H2,1-5H3/b20-12+,21-13-,22-16+. The van der Waals surface area contributed by atoms with Gasteiger partial charge in [0.05, 0.1) is 0 Å². The molecule has 23 heavy (non-hydrogen) atoms. The van der Waals surface area contributed by atoms with Gasteiger partial charge in [0.1, 0.15) is 6.29 Å². The lowest BCUT2D eigenvalue weighted by atomic mass is 10.1. The summed E-state index contributed by atoms with van der Waals surface area (Å²) in [6.07, 6.45) is 18.7. The number of carbonyl (C=O) groups is 1. The van der Waals surface area contributed by atoms with Gasteiger partial charge in [0.2, 0.25) is 0 Å². The Kier molecular flexibility index (Phi) is 13.4. The molecule has 0 rings (SSSR count). The molecule has 0 amide bonds. The number of hydrogen-bond acceptors (Lipinski definition) is 1. The molecule has 0 aromatic carbocycles. The Labute approximate surface area is 144 Å². The molecule has 0 saturated heterocycles. The van der Waals surface area contributed by atoms with Gasteiger partial charge in [-0.25, -0.2) is 0 Å². The molecule has 0 aliphatic carbocycles. The number of hydrogen-bond donors (Lipinski definition) is 0. The van der Waals surface area contributed by atoms with Crippen molar-refractivity contribution < 1.29 is 4.79 Å². The molecular formula is C22H36O. The fourth-order valence-corrected chi connectivity index (χ4v) is 2.39. The summed E-state index contributed by atoms with van der Waals surface area (Å²) >= 11 is 0. The molecule has 1 heteroatoms. The minimum absolute atomic E-state index is 0.649. The van der Waals surface area contributed by atoms with Crippen molar-refractivity contribution in [2.45, 2.75) is 86.0 Å². The monoisotopic (exact) mass is 316 g/mol. The van der Waals surface area contributed by atoms with Gasteiger partial charge in [0, 0.05) is 6.42 Å². The van der Waals surface area contributed by atoms with Crippen LogP contribution < -0.4 is 0 Å². The Hall–Kier alpha value is -1.37. The number of allylic oxidation sites excluding steroid dienone is 8. The second-order valence-corrected chi connectivity index (χ2v) is 6.79. The van der Waals surface area contributed by atoms with Crippen LogP contribution in [0, 0.1) is 0 Å². The van der Waals surface area contributed by atoms with Crippen LogP contribution in [0.3, 0.4) is 0 Å². The maximum atomic E-state index is 10.3. The molecule has 0 aliphatic rings. The van der Waals surface area contributed by atoms with Crippen LogP contribution in [0.5, 0.6) is 0 Å². The van der Waals surface area contributed by atoms with Gasteiger partial charge in [-0.05, 0) is 79.6 Å². The molecule has 0 aromatic rings. The summed E-state index contributed by atoms with van der Waals surface area (Å²) in [6.45, 7) is 10.9. The first-order chi connectivity index (χ1) is 11.0. The summed E-state index contributed by atoms with van der Waals surface area (Å²) in [5.74, 6) is 0. The van der Waals surface area contributed by atoms with E-state index < -0.39 is 0 Å². The number of rotatable bonds is 12. The molecular weight excluding hydrogens is 280 g/mol. The lowest BCUT2D eigenvalue weighted by Gasteiger charge is -2.02. The van der Waals surface area contributed by atoms with E-state index in [9.17, 15) is 4.79 Å². The summed E-state index contributed by atoms with van der Waals surface area (Å²) < 4.78 is 0. The minimum atomic E-state index is 0.649. The van der Waals surface area contributed by atoms with Crippen molar-refractivity contribution in [3.8, 4) is 0 Å². The maximum Gasteiger partial charge on any atom is 0.120 e. The van der Waals surface area contributed by atoms with Gasteiger partial charge in [0.25, 0.3) is 0 Å². The van der Waals surface area contributed by atoms with E-state index >= 15 is 0 Å². The third kappa shape index (κ3) is 15.3. The quantitative estimate of drug-likeness (QED) is 0.213. The second kappa shape index (κ2) is 14.2. The van der Waals surface area contributed by atoms with Crippen LogP contribution in [0.25, 0.3) is 0 Å². The smallest absolute Gasteiger partial charge is 0.120 e. The molecule has 0 aromatic heterocycles. The van der Waals surface area contributed by atoms with Gasteiger partial charge >= 0.3 is 0 Å². The molecule has 0 heterocycles. The lowest BCUT2D eigenvalue weighted by molar-refractivity contribution is -0.107. The average molecular weight is 317 g/mol. The third-order valence-corrected chi connectivity index (χ3v) is 3.93. The zero-order valence-corrected chi connectivity index (χ0v) is 16.0. The first-order valence-electron chi connectivity index (χ1n) is 8.99. The van der Waals surface area contributed by atoms with E-state index in [2.05, 4.69) is 58.9 Å². The normalized spacial score (nSPS) is 13.2. The Morgan fingerprint density at radius 3 is 1.39 bits per heavy atom. The van der Waals surface area contributed by atoms with E-state index in [0.29, 0.717) is 6.42 Å². The largest absolute Gasteiger partial charge is 0.303 e. The van der Waals surface area contributed by atoms with Crippen molar-refractivity contribution in [3.63, 3.8) is 0 Å². The highest BCUT2D eigenvalue weighted by atomic mass is 16.1. The molecule has 0 N–H and O–H groups in total. The van der Waals surface area contributed by atoms with Crippen LogP contribution in [-0.4, -0.2) is 6.29 Å². The Morgan fingerprint density at radius 2 is 0.957 bits per heavy atom. The predicted molar refractivity (Wildman–Crippen MR) is 104 cm³/mol. The van der Waals surface area contributed by atoms with E-state index in [4.69, 9.17) is 0 Å². The van der Waals surface area contributed by atoms with Crippen molar-refractivity contribution in [2.24, 2.45) is 0 Å².